The summed E-state index contributed by atoms with van der Waals surface area (Å²) in [7, 11) is -4.90. The lowest BCUT2D eigenvalue weighted by Crippen LogP contribution is -2.09. The van der Waals surface area contributed by atoms with E-state index in [0.29, 0.717) is 10.8 Å². The van der Waals surface area contributed by atoms with Gasteiger partial charge in [-0.3, -0.25) is 0 Å². The molecule has 0 aliphatic carbocycles. The Morgan fingerprint density at radius 1 is 0.722 bits per heavy atom. The minimum Gasteiger partial charge on any atom is -0.249 e. The highest BCUT2D eigenvalue weighted by Crippen LogP contribution is 2.29. The van der Waals surface area contributed by atoms with Gasteiger partial charge in [-0.2, -0.15) is 0 Å². The number of halogens is 4. The maximum absolute atomic E-state index is 13.4. The molecule has 0 radical (unpaired) electrons. The van der Waals surface area contributed by atoms with E-state index < -0.39 is 54.7 Å². The third-order valence-electron chi connectivity index (χ3n) is 1.89. The van der Waals surface area contributed by atoms with E-state index >= 15 is 0 Å². The Balaban J connectivity index is 3.76. The molecule has 8 heteroatoms. The summed E-state index contributed by atoms with van der Waals surface area (Å²) in [6.07, 6.45) is 0. The molecule has 2 nitrogen and oxygen atoms in total. The van der Waals surface area contributed by atoms with Gasteiger partial charge < -0.3 is 0 Å². The van der Waals surface area contributed by atoms with Crippen molar-refractivity contribution in [2.45, 2.75) is 9.79 Å². The van der Waals surface area contributed by atoms with Crippen molar-refractivity contribution in [1.29, 1.82) is 0 Å². The summed E-state index contributed by atoms with van der Waals surface area (Å²) in [5.41, 5.74) is 0. The predicted molar refractivity (Wildman–Crippen MR) is 59.5 cm³/mol. The maximum Gasteiger partial charge on any atom is 0.179 e. The topological polar surface area (TPSA) is 34.1 Å². The van der Waals surface area contributed by atoms with Crippen molar-refractivity contribution >= 4 is 21.6 Å². The molecule has 0 saturated carbocycles. The zero-order chi connectivity index (χ0) is 14.0. The molecule has 0 aliphatic heterocycles. The van der Waals surface area contributed by atoms with Gasteiger partial charge in [-0.05, 0) is 0 Å². The molecular weight excluding hydrogens is 292 g/mol. The number of rotatable bonds is 4. The predicted octanol–water partition coefficient (Wildman–Crippen LogP) is 2.75. The zero-order valence-electron chi connectivity index (χ0n) is 8.71. The smallest absolute Gasteiger partial charge is 0.179 e. The molecule has 0 fully saturated rings. The summed E-state index contributed by atoms with van der Waals surface area (Å²) in [6.45, 7) is 6.00. The van der Waals surface area contributed by atoms with E-state index in [9.17, 15) is 26.0 Å². The minimum atomic E-state index is -2.45. The van der Waals surface area contributed by atoms with E-state index in [1.54, 1.807) is 0 Å². The van der Waals surface area contributed by atoms with Gasteiger partial charge in [0.05, 0.1) is 21.6 Å². The molecule has 0 heterocycles. The van der Waals surface area contributed by atoms with Crippen molar-refractivity contribution < 1.29 is 26.0 Å². The fourth-order valence-electron chi connectivity index (χ4n) is 1.11. The summed E-state index contributed by atoms with van der Waals surface area (Å²) in [6, 6.07) is 0. The van der Waals surface area contributed by atoms with Crippen LogP contribution >= 0.6 is 0 Å². The van der Waals surface area contributed by atoms with Crippen LogP contribution in [0, 0.1) is 23.3 Å². The quantitative estimate of drug-likeness (QED) is 0.633. The average molecular weight is 298 g/mol. The standard InChI is InChI=1S/C10H6F4O2S2/c1-3-17(15)9-5(11)7(13)10(18(16)4-2)8(14)6(9)12/h3-4H,1-2H2. The molecular formula is C10H6F4O2S2. The zero-order valence-corrected chi connectivity index (χ0v) is 10.3. The van der Waals surface area contributed by atoms with Crippen LogP contribution in [0.25, 0.3) is 0 Å². The van der Waals surface area contributed by atoms with Gasteiger partial charge in [0.15, 0.2) is 23.3 Å². The van der Waals surface area contributed by atoms with Crippen LogP contribution in [0.15, 0.2) is 33.8 Å². The van der Waals surface area contributed by atoms with Crippen LogP contribution < -0.4 is 0 Å². The Kier molecular flexibility index (Phi) is 4.58. The molecule has 0 N–H and O–H groups in total. The summed E-state index contributed by atoms with van der Waals surface area (Å²) in [4.78, 5) is -2.60. The third-order valence-corrected chi connectivity index (χ3v) is 4.02. The number of hydrogen-bond acceptors (Lipinski definition) is 2. The summed E-state index contributed by atoms with van der Waals surface area (Å²) < 4.78 is 76.2. The molecule has 98 valence electrons. The van der Waals surface area contributed by atoms with Crippen LogP contribution in [-0.4, -0.2) is 8.42 Å². The second-order valence-electron chi connectivity index (χ2n) is 2.84. The number of benzene rings is 1. The first-order chi connectivity index (χ1) is 8.36. The first-order valence-electron chi connectivity index (χ1n) is 4.29. The third kappa shape index (κ3) is 2.30. The van der Waals surface area contributed by atoms with E-state index in [-0.39, 0.29) is 0 Å². The largest absolute Gasteiger partial charge is 0.249 e. The fourth-order valence-corrected chi connectivity index (χ4v) is 2.51. The molecule has 0 aromatic heterocycles. The Bertz CT molecular complexity index is 504. The molecule has 0 bridgehead atoms. The molecule has 1 rings (SSSR count). The second kappa shape index (κ2) is 5.57. The molecule has 2 unspecified atom stereocenters. The lowest BCUT2D eigenvalue weighted by Gasteiger charge is -2.08. The van der Waals surface area contributed by atoms with Gasteiger partial charge in [0.2, 0.25) is 0 Å². The minimum absolute atomic E-state index is 0.616. The molecule has 1 aromatic carbocycles. The first-order valence-corrected chi connectivity index (χ1v) is 6.71. The monoisotopic (exact) mass is 298 g/mol. The Hall–Kier alpha value is -1.28. The van der Waals surface area contributed by atoms with Gasteiger partial charge in [-0.15, -0.1) is 0 Å². The van der Waals surface area contributed by atoms with Gasteiger partial charge in [-0.1, -0.05) is 13.2 Å². The van der Waals surface area contributed by atoms with Gasteiger partial charge in [0, 0.05) is 10.8 Å². The molecule has 18 heavy (non-hydrogen) atoms. The van der Waals surface area contributed by atoms with E-state index in [4.69, 9.17) is 0 Å². The molecule has 0 aliphatic rings. The maximum atomic E-state index is 13.4. The van der Waals surface area contributed by atoms with E-state index in [1.165, 1.54) is 0 Å². The molecule has 0 amide bonds. The Labute approximate surface area is 105 Å². The average Bonchev–Trinajstić information content (AvgIpc) is 2.36. The highest BCUT2D eigenvalue weighted by Gasteiger charge is 2.29. The van der Waals surface area contributed by atoms with E-state index in [1.807, 2.05) is 0 Å². The number of hydrogen-bond donors (Lipinski definition) is 0. The van der Waals surface area contributed by atoms with Crippen LogP contribution in [0.4, 0.5) is 17.6 Å². The van der Waals surface area contributed by atoms with Crippen molar-refractivity contribution in [3.05, 3.63) is 47.2 Å². The summed E-state index contributed by atoms with van der Waals surface area (Å²) >= 11 is 0. The van der Waals surface area contributed by atoms with Gasteiger partial charge in [-0.25, -0.2) is 26.0 Å². The van der Waals surface area contributed by atoms with Crippen molar-refractivity contribution in [1.82, 2.24) is 0 Å². The van der Waals surface area contributed by atoms with Gasteiger partial charge in [0.25, 0.3) is 0 Å². The van der Waals surface area contributed by atoms with Crippen LogP contribution in [0.2, 0.25) is 0 Å². The van der Waals surface area contributed by atoms with Crippen molar-refractivity contribution in [3.8, 4) is 0 Å². The second-order valence-corrected chi connectivity index (χ2v) is 5.52. The highest BCUT2D eigenvalue weighted by molar-refractivity contribution is 7.88. The SMILES string of the molecule is C=CS(=O)c1c(F)c(F)c(S(=O)C=C)c(F)c1F. The van der Waals surface area contributed by atoms with Crippen molar-refractivity contribution in [2.75, 3.05) is 0 Å². The summed E-state index contributed by atoms with van der Waals surface area (Å²) in [5.74, 6) is -7.45. The van der Waals surface area contributed by atoms with E-state index in [2.05, 4.69) is 13.2 Å². The Morgan fingerprint density at radius 3 is 1.11 bits per heavy atom. The van der Waals surface area contributed by atoms with Gasteiger partial charge in [0.1, 0.15) is 9.79 Å². The van der Waals surface area contributed by atoms with Gasteiger partial charge >= 0.3 is 0 Å². The molecule has 0 spiro atoms. The first kappa shape index (κ1) is 14.8. The normalized spacial score (nSPS) is 14.0. The van der Waals surface area contributed by atoms with Crippen LogP contribution in [-0.2, 0) is 21.6 Å². The van der Waals surface area contributed by atoms with Crippen molar-refractivity contribution in [2.24, 2.45) is 0 Å². The van der Waals surface area contributed by atoms with Crippen LogP contribution in [0.5, 0.6) is 0 Å². The fraction of sp³-hybridized carbons (Fsp3) is 0. The summed E-state index contributed by atoms with van der Waals surface area (Å²) in [5, 5.41) is 1.23. The Morgan fingerprint density at radius 2 is 0.944 bits per heavy atom. The van der Waals surface area contributed by atoms with Crippen molar-refractivity contribution in [3.63, 3.8) is 0 Å². The molecule has 0 saturated heterocycles. The molecule has 1 aromatic rings. The van der Waals surface area contributed by atoms with Crippen LogP contribution in [0.3, 0.4) is 0 Å². The van der Waals surface area contributed by atoms with Crippen LogP contribution in [0.1, 0.15) is 0 Å². The highest BCUT2D eigenvalue weighted by atomic mass is 32.2. The van der Waals surface area contributed by atoms with E-state index in [0.717, 1.165) is 0 Å². The molecule has 2 atom stereocenters. The lowest BCUT2D eigenvalue weighted by molar-refractivity contribution is 0.397. The lowest BCUT2D eigenvalue weighted by atomic mass is 10.3.